The van der Waals surface area contributed by atoms with Crippen molar-refractivity contribution in [2.24, 2.45) is 0 Å². The van der Waals surface area contributed by atoms with Gasteiger partial charge in [-0.25, -0.2) is 12.7 Å². The Morgan fingerprint density at radius 3 is 2.03 bits per heavy atom. The first kappa shape index (κ1) is 21.5. The van der Waals surface area contributed by atoms with E-state index in [1.165, 1.54) is 24.3 Å². The zero-order valence-corrected chi connectivity index (χ0v) is 16.8. The zero-order chi connectivity index (χ0) is 21.8. The lowest BCUT2D eigenvalue weighted by Gasteiger charge is -2.18. The molecule has 0 aliphatic heterocycles. The average Bonchev–Trinajstić information content (AvgIpc) is 2.72. The molecule has 0 fully saturated rings. The van der Waals surface area contributed by atoms with Crippen LogP contribution in [0.3, 0.4) is 0 Å². The number of nitrogens with zero attached hydrogens (tertiary/aromatic N) is 1. The summed E-state index contributed by atoms with van der Waals surface area (Å²) in [7, 11) is -3.99. The second-order valence-corrected chi connectivity index (χ2v) is 8.48. The molecule has 3 nitrogen and oxygen atoms in total. The highest BCUT2D eigenvalue weighted by molar-refractivity contribution is 7.89. The minimum absolute atomic E-state index is 0.0578. The summed E-state index contributed by atoms with van der Waals surface area (Å²) in [6.45, 7) is 1.65. The van der Waals surface area contributed by atoms with E-state index in [2.05, 4.69) is 12.0 Å². The van der Waals surface area contributed by atoms with Crippen molar-refractivity contribution in [3.05, 3.63) is 101 Å². The summed E-state index contributed by atoms with van der Waals surface area (Å²) < 4.78 is 65.6. The van der Waals surface area contributed by atoms with Crippen molar-refractivity contribution in [3.8, 4) is 12.0 Å². The maximum atomic E-state index is 13.1. The van der Waals surface area contributed by atoms with E-state index in [1.807, 2.05) is 13.0 Å². The normalized spacial score (nSPS) is 11.5. The van der Waals surface area contributed by atoms with Crippen LogP contribution in [0.2, 0.25) is 0 Å². The molecule has 7 heteroatoms. The van der Waals surface area contributed by atoms with Crippen LogP contribution in [0.1, 0.15) is 22.3 Å². The van der Waals surface area contributed by atoms with Crippen LogP contribution in [0.25, 0.3) is 0 Å². The van der Waals surface area contributed by atoms with E-state index >= 15 is 0 Å². The monoisotopic (exact) mass is 429 g/mol. The van der Waals surface area contributed by atoms with E-state index in [-0.39, 0.29) is 11.4 Å². The molecule has 0 aromatic heterocycles. The molecule has 0 aliphatic carbocycles. The third-order valence-corrected chi connectivity index (χ3v) is 5.98. The Morgan fingerprint density at radius 2 is 1.47 bits per heavy atom. The van der Waals surface area contributed by atoms with Crippen LogP contribution in [0.5, 0.6) is 0 Å². The maximum Gasteiger partial charge on any atom is 0.416 e. The molecule has 30 heavy (non-hydrogen) atoms. The van der Waals surface area contributed by atoms with Crippen LogP contribution in [0.4, 0.5) is 13.2 Å². The first-order chi connectivity index (χ1) is 14.2. The van der Waals surface area contributed by atoms with Crippen molar-refractivity contribution in [1.82, 2.24) is 4.31 Å². The first-order valence-electron chi connectivity index (χ1n) is 8.98. The van der Waals surface area contributed by atoms with Gasteiger partial charge in [-0.3, -0.25) is 0 Å². The number of hydrogen-bond acceptors (Lipinski definition) is 2. The summed E-state index contributed by atoms with van der Waals surface area (Å²) in [5.41, 5.74) is 1.11. The van der Waals surface area contributed by atoms with E-state index in [1.54, 1.807) is 36.4 Å². The fourth-order valence-electron chi connectivity index (χ4n) is 2.64. The molecule has 0 amide bonds. The molecular weight excluding hydrogens is 411 g/mol. The molecule has 0 saturated heterocycles. The molecular formula is C23H18F3NO2S. The summed E-state index contributed by atoms with van der Waals surface area (Å²) in [5, 5.41) is 0. The fraction of sp³-hybridized carbons (Fsp3) is 0.130. The molecule has 0 bridgehead atoms. The van der Waals surface area contributed by atoms with Crippen LogP contribution < -0.4 is 0 Å². The standard InChI is InChI=1S/C23H18F3NO2S/c1-18-7-13-22(14-8-18)30(28,29)27(16-15-19-5-3-2-4-6-19)17-20-9-11-21(12-10-20)23(24,25)26/h2-14H,17H2,1H3. The van der Waals surface area contributed by atoms with Crippen molar-refractivity contribution in [2.75, 3.05) is 0 Å². The van der Waals surface area contributed by atoms with Crippen LogP contribution in [0.15, 0.2) is 83.8 Å². The lowest BCUT2D eigenvalue weighted by molar-refractivity contribution is -0.137. The Balaban J connectivity index is 1.97. The Labute approximate surface area is 173 Å². The van der Waals surface area contributed by atoms with Crippen molar-refractivity contribution in [2.45, 2.75) is 24.5 Å². The van der Waals surface area contributed by atoms with Crippen molar-refractivity contribution < 1.29 is 21.6 Å². The largest absolute Gasteiger partial charge is 0.416 e. The van der Waals surface area contributed by atoms with Gasteiger partial charge in [0.2, 0.25) is 0 Å². The molecule has 0 radical (unpaired) electrons. The topological polar surface area (TPSA) is 37.4 Å². The Morgan fingerprint density at radius 1 is 0.867 bits per heavy atom. The van der Waals surface area contributed by atoms with Gasteiger partial charge < -0.3 is 0 Å². The summed E-state index contributed by atoms with van der Waals surface area (Å²) in [6.07, 6.45) is -4.46. The van der Waals surface area contributed by atoms with Crippen LogP contribution in [-0.2, 0) is 22.7 Å². The maximum absolute atomic E-state index is 13.1. The Kier molecular flexibility index (Phi) is 6.18. The van der Waals surface area contributed by atoms with Crippen LogP contribution in [-0.4, -0.2) is 12.7 Å². The SMILES string of the molecule is Cc1ccc(S(=O)(=O)N(C#Cc2ccccc2)Cc2ccc(C(F)(F)F)cc2)cc1. The van der Waals surface area contributed by atoms with E-state index in [9.17, 15) is 21.6 Å². The van der Waals surface area contributed by atoms with Crippen molar-refractivity contribution in [1.29, 1.82) is 0 Å². The zero-order valence-electron chi connectivity index (χ0n) is 16.0. The number of alkyl halides is 3. The minimum atomic E-state index is -4.46. The second kappa shape index (κ2) is 8.64. The van der Waals surface area contributed by atoms with Gasteiger partial charge in [-0.05, 0) is 54.8 Å². The van der Waals surface area contributed by atoms with E-state index < -0.39 is 21.8 Å². The summed E-state index contributed by atoms with van der Waals surface area (Å²) in [6, 6.07) is 22.2. The van der Waals surface area contributed by atoms with E-state index in [0.29, 0.717) is 11.1 Å². The third kappa shape index (κ3) is 5.22. The highest BCUT2D eigenvalue weighted by Crippen LogP contribution is 2.29. The molecule has 0 saturated carbocycles. The van der Waals surface area contributed by atoms with Crippen LogP contribution in [0, 0.1) is 18.9 Å². The summed E-state index contributed by atoms with van der Waals surface area (Å²) >= 11 is 0. The highest BCUT2D eigenvalue weighted by atomic mass is 32.2. The lowest BCUT2D eigenvalue weighted by atomic mass is 10.1. The molecule has 3 aromatic rings. The first-order valence-corrected chi connectivity index (χ1v) is 10.4. The van der Waals surface area contributed by atoms with Gasteiger partial charge in [-0.1, -0.05) is 48.0 Å². The molecule has 0 aliphatic rings. The number of benzene rings is 3. The molecule has 3 aromatic carbocycles. The third-order valence-electron chi connectivity index (χ3n) is 4.32. The predicted molar refractivity (Wildman–Crippen MR) is 109 cm³/mol. The minimum Gasteiger partial charge on any atom is -0.220 e. The van der Waals surface area contributed by atoms with Gasteiger partial charge in [-0.15, -0.1) is 0 Å². The molecule has 0 unspecified atom stereocenters. The van der Waals surface area contributed by atoms with E-state index in [0.717, 1.165) is 22.0 Å². The van der Waals surface area contributed by atoms with E-state index in [4.69, 9.17) is 0 Å². The van der Waals surface area contributed by atoms with Gasteiger partial charge in [0.25, 0.3) is 10.0 Å². The molecule has 0 heterocycles. The van der Waals surface area contributed by atoms with Gasteiger partial charge in [-0.2, -0.15) is 13.2 Å². The molecule has 0 N–H and O–H groups in total. The van der Waals surface area contributed by atoms with Gasteiger partial charge in [0, 0.05) is 11.6 Å². The quantitative estimate of drug-likeness (QED) is 0.422. The van der Waals surface area contributed by atoms with Gasteiger partial charge in [0.05, 0.1) is 17.0 Å². The Hall–Kier alpha value is -3.24. The lowest BCUT2D eigenvalue weighted by Crippen LogP contribution is -2.26. The van der Waals surface area contributed by atoms with Gasteiger partial charge in [0.1, 0.15) is 0 Å². The van der Waals surface area contributed by atoms with Gasteiger partial charge >= 0.3 is 6.18 Å². The fourth-order valence-corrected chi connectivity index (χ4v) is 3.85. The summed E-state index contributed by atoms with van der Waals surface area (Å²) in [5.74, 6) is 2.80. The molecule has 0 atom stereocenters. The Bertz CT molecular complexity index is 1160. The number of aryl methyl sites for hydroxylation is 1. The predicted octanol–water partition coefficient (Wildman–Crippen LogP) is 5.21. The smallest absolute Gasteiger partial charge is 0.220 e. The van der Waals surface area contributed by atoms with Gasteiger partial charge in [0.15, 0.2) is 0 Å². The number of halogens is 3. The highest BCUT2D eigenvalue weighted by Gasteiger charge is 2.30. The van der Waals surface area contributed by atoms with Crippen LogP contribution >= 0.6 is 0 Å². The molecule has 0 spiro atoms. The number of hydrogen-bond donors (Lipinski definition) is 0. The molecule has 3 rings (SSSR count). The number of rotatable bonds is 4. The van der Waals surface area contributed by atoms with Crippen molar-refractivity contribution >= 4 is 10.0 Å². The van der Waals surface area contributed by atoms with Crippen molar-refractivity contribution in [3.63, 3.8) is 0 Å². The summed E-state index contributed by atoms with van der Waals surface area (Å²) in [4.78, 5) is 0.0578. The second-order valence-electron chi connectivity index (χ2n) is 6.62. The number of sulfonamides is 1. The molecule has 154 valence electrons. The average molecular weight is 429 g/mol.